The van der Waals surface area contributed by atoms with Crippen LogP contribution in [0.4, 0.5) is 10.2 Å². The molecule has 1 fully saturated rings. The zero-order chi connectivity index (χ0) is 20.8. The molecule has 1 N–H and O–H groups in total. The number of fused-ring (bicyclic) bond motifs is 1. The lowest BCUT2D eigenvalue weighted by Gasteiger charge is -2.39. The van der Waals surface area contributed by atoms with Crippen LogP contribution in [-0.2, 0) is 5.54 Å². The van der Waals surface area contributed by atoms with Crippen molar-refractivity contribution in [3.05, 3.63) is 47.7 Å². The molecule has 4 rings (SSSR count). The molecule has 156 valence electrons. The third-order valence-electron chi connectivity index (χ3n) is 6.91. The summed E-state index contributed by atoms with van der Waals surface area (Å²) in [6.45, 7) is 8.54. The second kappa shape index (κ2) is 7.15. The van der Waals surface area contributed by atoms with E-state index in [4.69, 9.17) is 0 Å². The van der Waals surface area contributed by atoms with Gasteiger partial charge in [0, 0.05) is 12.0 Å². The molecule has 0 spiro atoms. The van der Waals surface area contributed by atoms with Gasteiger partial charge in [-0.25, -0.2) is 9.07 Å². The van der Waals surface area contributed by atoms with Gasteiger partial charge in [0.2, 0.25) is 0 Å². The van der Waals surface area contributed by atoms with Crippen molar-refractivity contribution in [3.8, 4) is 0 Å². The summed E-state index contributed by atoms with van der Waals surface area (Å²) in [5.74, 6) is 0.621. The Morgan fingerprint density at radius 1 is 1.21 bits per heavy atom. The molecule has 3 heterocycles. The van der Waals surface area contributed by atoms with E-state index in [9.17, 15) is 9.18 Å². The number of likely N-dealkylation sites (tertiary alicyclic amines) is 1. The summed E-state index contributed by atoms with van der Waals surface area (Å²) in [6, 6.07) is 10.4. The predicted octanol–water partition coefficient (Wildman–Crippen LogP) is 4.92. The molecule has 1 saturated heterocycles. The van der Waals surface area contributed by atoms with Crippen LogP contribution in [0.15, 0.2) is 36.5 Å². The summed E-state index contributed by atoms with van der Waals surface area (Å²) in [7, 11) is 0. The fourth-order valence-electron chi connectivity index (χ4n) is 5.13. The molecule has 1 amide bonds. The number of hydrogen-bond acceptors (Lipinski definition) is 3. The normalized spacial score (nSPS) is 24.8. The molecular weight excluding hydrogens is 367 g/mol. The van der Waals surface area contributed by atoms with Gasteiger partial charge >= 0.3 is 0 Å². The number of carbonyl (C=O) groups excluding carboxylic acids is 1. The van der Waals surface area contributed by atoms with E-state index in [0.29, 0.717) is 12.0 Å². The Bertz CT molecular complexity index is 888. The lowest BCUT2D eigenvalue weighted by Crippen LogP contribution is -2.47. The zero-order valence-electron chi connectivity index (χ0n) is 17.8. The van der Waals surface area contributed by atoms with Gasteiger partial charge in [0.25, 0.3) is 5.91 Å². The van der Waals surface area contributed by atoms with E-state index in [1.54, 1.807) is 11.1 Å². The number of benzene rings is 1. The highest BCUT2D eigenvalue weighted by Gasteiger charge is 2.47. The van der Waals surface area contributed by atoms with Crippen LogP contribution in [0.25, 0.3) is 0 Å². The van der Waals surface area contributed by atoms with Crippen LogP contribution < -0.4 is 5.32 Å². The summed E-state index contributed by atoms with van der Waals surface area (Å²) in [4.78, 5) is 15.3. The molecular formula is C23H31FN4O. The van der Waals surface area contributed by atoms with Crippen LogP contribution in [0.3, 0.4) is 0 Å². The van der Waals surface area contributed by atoms with Gasteiger partial charge in [-0.3, -0.25) is 4.79 Å². The minimum absolute atomic E-state index is 0.0940. The molecule has 1 unspecified atom stereocenters. The van der Waals surface area contributed by atoms with Crippen molar-refractivity contribution in [2.24, 2.45) is 0 Å². The van der Waals surface area contributed by atoms with Crippen molar-refractivity contribution < 1.29 is 9.18 Å². The van der Waals surface area contributed by atoms with Crippen molar-refractivity contribution in [3.63, 3.8) is 0 Å². The molecule has 2 aliphatic heterocycles. The molecule has 0 saturated carbocycles. The number of amides is 1. The molecule has 0 aliphatic carbocycles. The topological polar surface area (TPSA) is 50.2 Å². The Morgan fingerprint density at radius 3 is 2.55 bits per heavy atom. The van der Waals surface area contributed by atoms with Crippen molar-refractivity contribution in [2.75, 3.05) is 11.9 Å². The van der Waals surface area contributed by atoms with Crippen LogP contribution in [0.5, 0.6) is 0 Å². The summed E-state index contributed by atoms with van der Waals surface area (Å²) in [5, 5.41) is 8.12. The second-order valence-corrected chi connectivity index (χ2v) is 9.09. The van der Waals surface area contributed by atoms with Gasteiger partial charge in [-0.15, -0.1) is 0 Å². The maximum Gasteiger partial charge on any atom is 0.259 e. The Balaban J connectivity index is 1.71. The smallest absolute Gasteiger partial charge is 0.259 e. The van der Waals surface area contributed by atoms with Crippen LogP contribution in [0.1, 0.15) is 75.3 Å². The summed E-state index contributed by atoms with van der Waals surface area (Å²) in [6.07, 6.45) is 3.48. The third kappa shape index (κ3) is 3.22. The van der Waals surface area contributed by atoms with Gasteiger partial charge in [-0.1, -0.05) is 44.2 Å². The fraction of sp³-hybridized carbons (Fsp3) is 0.565. The van der Waals surface area contributed by atoms with E-state index in [-0.39, 0.29) is 24.0 Å². The maximum atomic E-state index is 14.4. The molecule has 2 atom stereocenters. The largest absolute Gasteiger partial charge is 0.363 e. The number of halogens is 1. The van der Waals surface area contributed by atoms with E-state index in [1.807, 2.05) is 36.7 Å². The molecule has 0 bridgehead atoms. The average molecular weight is 399 g/mol. The number of aromatic nitrogens is 2. The molecule has 5 nitrogen and oxygen atoms in total. The quantitative estimate of drug-likeness (QED) is 0.795. The Kier molecular flexibility index (Phi) is 4.91. The molecule has 6 heteroatoms. The van der Waals surface area contributed by atoms with Gasteiger partial charge in [0.15, 0.2) is 0 Å². The maximum absolute atomic E-state index is 14.4. The van der Waals surface area contributed by atoms with Gasteiger partial charge in [-0.05, 0) is 38.7 Å². The third-order valence-corrected chi connectivity index (χ3v) is 6.91. The first-order valence-corrected chi connectivity index (χ1v) is 10.7. The zero-order valence-corrected chi connectivity index (χ0v) is 17.8. The highest BCUT2D eigenvalue weighted by molar-refractivity contribution is 5.99. The van der Waals surface area contributed by atoms with Crippen molar-refractivity contribution >= 4 is 11.7 Å². The van der Waals surface area contributed by atoms with Crippen LogP contribution >= 0.6 is 0 Å². The second-order valence-electron chi connectivity index (χ2n) is 9.09. The Hall–Kier alpha value is -2.37. The lowest BCUT2D eigenvalue weighted by atomic mass is 9.88. The van der Waals surface area contributed by atoms with E-state index < -0.39 is 11.7 Å². The standard InChI is InChI=1S/C23H31FN4O/c1-5-23(6-2)12-17(24)15-27(23)21(29)18-14-25-28-20(18)26-19(13-22(28,3)4)16-10-8-7-9-11-16/h7-11,14,17,19,26H,5-6,12-13,15H2,1-4H3/t17?,19-/m1/s1. The first-order chi connectivity index (χ1) is 13.8. The highest BCUT2D eigenvalue weighted by Crippen LogP contribution is 2.42. The molecule has 2 aliphatic rings. The van der Waals surface area contributed by atoms with Gasteiger partial charge in [-0.2, -0.15) is 5.10 Å². The summed E-state index contributed by atoms with van der Waals surface area (Å²) >= 11 is 0. The number of rotatable bonds is 4. The SMILES string of the molecule is CCC1(CC)CC(F)CN1C(=O)c1cnn2c1N[C@@H](c1ccccc1)CC2(C)C. The van der Waals surface area contributed by atoms with Crippen molar-refractivity contribution in [2.45, 2.75) is 76.7 Å². The van der Waals surface area contributed by atoms with E-state index in [2.05, 4.69) is 36.4 Å². The van der Waals surface area contributed by atoms with E-state index >= 15 is 0 Å². The minimum Gasteiger partial charge on any atom is -0.363 e. The number of hydrogen-bond donors (Lipinski definition) is 1. The highest BCUT2D eigenvalue weighted by atomic mass is 19.1. The van der Waals surface area contributed by atoms with Crippen LogP contribution in [0, 0.1) is 0 Å². The number of nitrogens with one attached hydrogen (secondary N) is 1. The summed E-state index contributed by atoms with van der Waals surface area (Å²) < 4.78 is 16.3. The number of anilines is 1. The first-order valence-electron chi connectivity index (χ1n) is 10.7. The average Bonchev–Trinajstić information content (AvgIpc) is 3.29. The van der Waals surface area contributed by atoms with Crippen LogP contribution in [-0.4, -0.2) is 38.8 Å². The fourth-order valence-corrected chi connectivity index (χ4v) is 5.13. The van der Waals surface area contributed by atoms with Gasteiger partial charge in [0.05, 0.1) is 24.3 Å². The van der Waals surface area contributed by atoms with Crippen molar-refractivity contribution in [1.29, 1.82) is 0 Å². The number of nitrogens with zero attached hydrogens (tertiary/aromatic N) is 3. The molecule has 29 heavy (non-hydrogen) atoms. The molecule has 2 aromatic rings. The van der Waals surface area contributed by atoms with Gasteiger partial charge in [0.1, 0.15) is 17.6 Å². The molecule has 1 aromatic heterocycles. The van der Waals surface area contributed by atoms with Gasteiger partial charge < -0.3 is 10.2 Å². The predicted molar refractivity (Wildman–Crippen MR) is 113 cm³/mol. The number of carbonyl (C=O) groups is 1. The Labute approximate surface area is 172 Å². The van der Waals surface area contributed by atoms with Crippen LogP contribution in [0.2, 0.25) is 0 Å². The van der Waals surface area contributed by atoms with Crippen molar-refractivity contribution in [1.82, 2.24) is 14.7 Å². The lowest BCUT2D eigenvalue weighted by molar-refractivity contribution is 0.0573. The Morgan fingerprint density at radius 2 is 1.90 bits per heavy atom. The molecule has 1 aromatic carbocycles. The molecule has 0 radical (unpaired) electrons. The van der Waals surface area contributed by atoms with E-state index in [0.717, 1.165) is 25.1 Å². The minimum atomic E-state index is -0.966. The van der Waals surface area contributed by atoms with E-state index in [1.165, 1.54) is 5.56 Å². The summed E-state index contributed by atoms with van der Waals surface area (Å²) in [5.41, 5.74) is 1.08. The monoisotopic (exact) mass is 398 g/mol. The number of alkyl halides is 1. The first kappa shape index (κ1) is 19.9.